The van der Waals surface area contributed by atoms with Crippen LogP contribution in [0.2, 0.25) is 0 Å². The van der Waals surface area contributed by atoms with Crippen LogP contribution in [0.3, 0.4) is 0 Å². The molecule has 144 valence electrons. The summed E-state index contributed by atoms with van der Waals surface area (Å²) in [5.41, 5.74) is 1.07. The first kappa shape index (κ1) is 19.3. The van der Waals surface area contributed by atoms with Crippen LogP contribution in [0.15, 0.2) is 24.3 Å². The highest BCUT2D eigenvalue weighted by Crippen LogP contribution is 2.36. The maximum absolute atomic E-state index is 10.9. The summed E-state index contributed by atoms with van der Waals surface area (Å²) >= 11 is 0. The van der Waals surface area contributed by atoms with Crippen molar-refractivity contribution < 1.29 is 24.1 Å². The Balaban J connectivity index is 1.64. The Bertz CT molecular complexity index is 558. The molecular weight excluding hydrogens is 334 g/mol. The zero-order chi connectivity index (χ0) is 18.4. The van der Waals surface area contributed by atoms with Crippen molar-refractivity contribution in [1.82, 2.24) is 4.90 Å². The molecule has 1 aromatic rings. The van der Waals surface area contributed by atoms with E-state index in [-0.39, 0.29) is 18.1 Å². The number of rotatable bonds is 8. The molecule has 0 spiro atoms. The predicted octanol–water partition coefficient (Wildman–Crippen LogP) is 1.64. The molecule has 1 aromatic carbocycles. The van der Waals surface area contributed by atoms with Gasteiger partial charge in [-0.15, -0.1) is 0 Å². The molecule has 0 aromatic heterocycles. The molecule has 1 saturated carbocycles. The normalized spacial score (nSPS) is 29.6. The molecule has 1 aliphatic heterocycles. The monoisotopic (exact) mass is 363 g/mol. The van der Waals surface area contributed by atoms with Gasteiger partial charge in [0.05, 0.1) is 39.1 Å². The van der Waals surface area contributed by atoms with Crippen LogP contribution in [0.5, 0.6) is 5.75 Å². The zero-order valence-electron chi connectivity index (χ0n) is 15.4. The number of hydrogen-bond acceptors (Lipinski definition) is 6. The Kier molecular flexibility index (Phi) is 7.02. The second-order valence-electron chi connectivity index (χ2n) is 7.05. The molecule has 4 atom stereocenters. The van der Waals surface area contributed by atoms with Crippen LogP contribution in [0.25, 0.3) is 0 Å². The Morgan fingerprint density at radius 2 is 2.00 bits per heavy atom. The van der Waals surface area contributed by atoms with Gasteiger partial charge in [-0.05, 0) is 24.1 Å². The number of hydrogen-bond donors (Lipinski definition) is 1. The Labute approximate surface area is 155 Å². The maximum Gasteiger partial charge on any atom is 0.120 e. The number of benzene rings is 1. The SMILES string of the molecule is COc1ccc(CO[C@@H]2C[C@H](O)[C@@H](N3CCOCC3)[C@@H]2CCC=O)cc1. The molecule has 0 bridgehead atoms. The van der Waals surface area contributed by atoms with E-state index in [1.807, 2.05) is 24.3 Å². The summed E-state index contributed by atoms with van der Waals surface area (Å²) in [6.07, 6.45) is 2.35. The van der Waals surface area contributed by atoms with Gasteiger partial charge in [-0.1, -0.05) is 12.1 Å². The fourth-order valence-electron chi connectivity index (χ4n) is 4.18. The van der Waals surface area contributed by atoms with Gasteiger partial charge in [0.25, 0.3) is 0 Å². The highest BCUT2D eigenvalue weighted by molar-refractivity contribution is 5.49. The van der Waals surface area contributed by atoms with E-state index in [1.165, 1.54) is 0 Å². The van der Waals surface area contributed by atoms with Crippen molar-refractivity contribution in [2.24, 2.45) is 5.92 Å². The molecule has 6 nitrogen and oxygen atoms in total. The number of carbonyl (C=O) groups is 1. The van der Waals surface area contributed by atoms with Crippen LogP contribution in [0.1, 0.15) is 24.8 Å². The van der Waals surface area contributed by atoms with E-state index in [2.05, 4.69) is 4.90 Å². The summed E-state index contributed by atoms with van der Waals surface area (Å²) < 4.78 is 16.8. The first-order chi connectivity index (χ1) is 12.7. The van der Waals surface area contributed by atoms with Gasteiger partial charge in [0, 0.05) is 37.9 Å². The van der Waals surface area contributed by atoms with Gasteiger partial charge in [0.15, 0.2) is 0 Å². The fourth-order valence-corrected chi connectivity index (χ4v) is 4.18. The Hall–Kier alpha value is -1.47. The first-order valence-electron chi connectivity index (χ1n) is 9.41. The second kappa shape index (κ2) is 9.46. The van der Waals surface area contributed by atoms with Crippen molar-refractivity contribution in [2.45, 2.75) is 44.1 Å². The lowest BCUT2D eigenvalue weighted by Gasteiger charge is -2.37. The molecule has 1 saturated heterocycles. The largest absolute Gasteiger partial charge is 0.497 e. The van der Waals surface area contributed by atoms with E-state index in [9.17, 15) is 9.90 Å². The third-order valence-electron chi connectivity index (χ3n) is 5.49. The number of aliphatic hydroxyl groups excluding tert-OH is 1. The van der Waals surface area contributed by atoms with Crippen LogP contribution in [-0.4, -0.2) is 68.0 Å². The minimum Gasteiger partial charge on any atom is -0.497 e. The molecule has 1 aliphatic carbocycles. The fraction of sp³-hybridized carbons (Fsp3) is 0.650. The van der Waals surface area contributed by atoms with Crippen molar-refractivity contribution in [3.05, 3.63) is 29.8 Å². The highest BCUT2D eigenvalue weighted by Gasteiger charge is 2.45. The predicted molar refractivity (Wildman–Crippen MR) is 97.2 cm³/mol. The molecule has 2 fully saturated rings. The van der Waals surface area contributed by atoms with Crippen molar-refractivity contribution in [2.75, 3.05) is 33.4 Å². The number of aliphatic hydroxyl groups is 1. The van der Waals surface area contributed by atoms with E-state index in [0.717, 1.165) is 37.1 Å². The van der Waals surface area contributed by atoms with Crippen molar-refractivity contribution in [3.63, 3.8) is 0 Å². The summed E-state index contributed by atoms with van der Waals surface area (Å²) in [4.78, 5) is 13.2. The standard InChI is InChI=1S/C20H29NO5/c1-24-16-6-4-15(5-7-16)14-26-19-13-18(23)20(17(19)3-2-10-22)21-8-11-25-12-9-21/h4-7,10,17-20,23H,2-3,8-9,11-14H2,1H3/t17-,18+,19-,20+/m1/s1. The molecule has 1 N–H and O–H groups in total. The number of morpholine rings is 1. The van der Waals surface area contributed by atoms with E-state index in [4.69, 9.17) is 14.2 Å². The summed E-state index contributed by atoms with van der Waals surface area (Å²) in [5, 5.41) is 10.7. The van der Waals surface area contributed by atoms with Crippen molar-refractivity contribution in [1.29, 1.82) is 0 Å². The van der Waals surface area contributed by atoms with Crippen LogP contribution in [-0.2, 0) is 20.9 Å². The number of carbonyl (C=O) groups excluding carboxylic acids is 1. The molecule has 2 aliphatic rings. The maximum atomic E-state index is 10.9. The Morgan fingerprint density at radius 3 is 2.65 bits per heavy atom. The van der Waals surface area contributed by atoms with Gasteiger partial charge in [-0.2, -0.15) is 0 Å². The first-order valence-corrected chi connectivity index (χ1v) is 9.41. The lowest BCUT2D eigenvalue weighted by atomic mass is 9.94. The molecule has 26 heavy (non-hydrogen) atoms. The topological polar surface area (TPSA) is 68.2 Å². The summed E-state index contributed by atoms with van der Waals surface area (Å²) in [7, 11) is 1.65. The highest BCUT2D eigenvalue weighted by atomic mass is 16.5. The second-order valence-corrected chi connectivity index (χ2v) is 7.05. The number of nitrogens with zero attached hydrogens (tertiary/aromatic N) is 1. The molecular formula is C20H29NO5. The third kappa shape index (κ3) is 4.62. The van der Waals surface area contributed by atoms with Crippen LogP contribution >= 0.6 is 0 Å². The van der Waals surface area contributed by atoms with E-state index >= 15 is 0 Å². The minimum absolute atomic E-state index is 0.0414. The third-order valence-corrected chi connectivity index (χ3v) is 5.49. The average Bonchev–Trinajstić information content (AvgIpc) is 3.01. The summed E-state index contributed by atoms with van der Waals surface area (Å²) in [5.74, 6) is 0.979. The van der Waals surface area contributed by atoms with Gasteiger partial charge in [0.1, 0.15) is 12.0 Å². The number of methoxy groups -OCH3 is 1. The van der Waals surface area contributed by atoms with Gasteiger partial charge in [-0.3, -0.25) is 4.90 Å². The molecule has 6 heteroatoms. The molecule has 0 amide bonds. The van der Waals surface area contributed by atoms with Crippen LogP contribution < -0.4 is 4.74 Å². The van der Waals surface area contributed by atoms with Crippen LogP contribution in [0, 0.1) is 5.92 Å². The van der Waals surface area contributed by atoms with Gasteiger partial charge in [0.2, 0.25) is 0 Å². The molecule has 3 rings (SSSR count). The van der Waals surface area contributed by atoms with Gasteiger partial charge in [-0.25, -0.2) is 0 Å². The molecule has 0 unspecified atom stereocenters. The van der Waals surface area contributed by atoms with Crippen molar-refractivity contribution in [3.8, 4) is 5.75 Å². The Morgan fingerprint density at radius 1 is 1.27 bits per heavy atom. The number of aldehydes is 1. The molecule has 0 radical (unpaired) electrons. The van der Waals surface area contributed by atoms with Gasteiger partial charge < -0.3 is 24.1 Å². The lowest BCUT2D eigenvalue weighted by molar-refractivity contribution is -0.108. The molecule has 1 heterocycles. The smallest absolute Gasteiger partial charge is 0.120 e. The van der Waals surface area contributed by atoms with Crippen molar-refractivity contribution >= 4 is 6.29 Å². The summed E-state index contributed by atoms with van der Waals surface area (Å²) in [6, 6.07) is 7.86. The summed E-state index contributed by atoms with van der Waals surface area (Å²) in [6.45, 7) is 3.53. The van der Waals surface area contributed by atoms with E-state index in [0.29, 0.717) is 32.7 Å². The van der Waals surface area contributed by atoms with Crippen LogP contribution in [0.4, 0.5) is 0 Å². The van der Waals surface area contributed by atoms with Gasteiger partial charge >= 0.3 is 0 Å². The minimum atomic E-state index is -0.425. The van der Waals surface area contributed by atoms with E-state index in [1.54, 1.807) is 7.11 Å². The number of ether oxygens (including phenoxy) is 3. The zero-order valence-corrected chi connectivity index (χ0v) is 15.4. The quantitative estimate of drug-likeness (QED) is 0.708. The average molecular weight is 363 g/mol. The lowest BCUT2D eigenvalue weighted by Crippen LogP contribution is -2.50. The van der Waals surface area contributed by atoms with E-state index < -0.39 is 6.10 Å².